The first-order chi connectivity index (χ1) is 9.74. The van der Waals surface area contributed by atoms with E-state index >= 15 is 0 Å². The summed E-state index contributed by atoms with van der Waals surface area (Å²) in [5, 5.41) is 8.84. The molecule has 122 valence electrons. The highest BCUT2D eigenvalue weighted by molar-refractivity contribution is 4.55. The number of aliphatic hydroxyl groups excluding tert-OH is 1. The van der Waals surface area contributed by atoms with Gasteiger partial charge in [0.2, 0.25) is 0 Å². The highest BCUT2D eigenvalue weighted by Crippen LogP contribution is 2.12. The van der Waals surface area contributed by atoms with Gasteiger partial charge in [-0.2, -0.15) is 0 Å². The summed E-state index contributed by atoms with van der Waals surface area (Å²) < 4.78 is 17.2. The fourth-order valence-electron chi connectivity index (χ4n) is 1.80. The smallest absolute Gasteiger partial charge is 0.157 e. The molecule has 0 aromatic carbocycles. The molecule has 0 aromatic heterocycles. The van der Waals surface area contributed by atoms with Gasteiger partial charge in [-0.3, -0.25) is 0 Å². The number of unbranched alkanes of at least 4 members (excludes halogenated alkanes) is 2. The second-order valence-electron chi connectivity index (χ2n) is 5.22. The van der Waals surface area contributed by atoms with Crippen molar-refractivity contribution in [2.45, 2.75) is 78.1 Å². The van der Waals surface area contributed by atoms with Gasteiger partial charge in [0.05, 0.1) is 6.10 Å². The average molecular weight is 290 g/mol. The van der Waals surface area contributed by atoms with Gasteiger partial charge < -0.3 is 19.3 Å². The van der Waals surface area contributed by atoms with E-state index in [-0.39, 0.29) is 19.0 Å². The zero-order chi connectivity index (χ0) is 15.1. The van der Waals surface area contributed by atoms with Crippen molar-refractivity contribution in [3.05, 3.63) is 0 Å². The molecule has 0 bridgehead atoms. The van der Waals surface area contributed by atoms with Crippen LogP contribution in [0.4, 0.5) is 0 Å². The molecule has 0 aliphatic rings. The molecule has 2 unspecified atom stereocenters. The summed E-state index contributed by atoms with van der Waals surface area (Å²) in [6, 6.07) is 0. The first-order valence-electron chi connectivity index (χ1n) is 8.20. The molecule has 4 nitrogen and oxygen atoms in total. The van der Waals surface area contributed by atoms with Gasteiger partial charge in [0.25, 0.3) is 0 Å². The predicted octanol–water partition coefficient (Wildman–Crippen LogP) is 3.51. The molecule has 0 aliphatic heterocycles. The van der Waals surface area contributed by atoms with Crippen molar-refractivity contribution in [3.8, 4) is 0 Å². The van der Waals surface area contributed by atoms with Crippen LogP contribution in [0, 0.1) is 0 Å². The summed E-state index contributed by atoms with van der Waals surface area (Å²) in [6.45, 7) is 8.88. The first kappa shape index (κ1) is 19.8. The van der Waals surface area contributed by atoms with E-state index in [9.17, 15) is 0 Å². The van der Waals surface area contributed by atoms with Crippen molar-refractivity contribution in [2.24, 2.45) is 0 Å². The van der Waals surface area contributed by atoms with Crippen LogP contribution in [0.5, 0.6) is 0 Å². The molecule has 0 aliphatic carbocycles. The largest absolute Gasteiger partial charge is 0.396 e. The third kappa shape index (κ3) is 12.9. The Hall–Kier alpha value is -0.160. The quantitative estimate of drug-likeness (QED) is 0.370. The molecular weight excluding hydrogens is 256 g/mol. The van der Waals surface area contributed by atoms with Crippen molar-refractivity contribution in [3.63, 3.8) is 0 Å². The minimum atomic E-state index is -0.144. The van der Waals surface area contributed by atoms with E-state index in [0.29, 0.717) is 0 Å². The van der Waals surface area contributed by atoms with Crippen molar-refractivity contribution in [1.82, 2.24) is 0 Å². The zero-order valence-corrected chi connectivity index (χ0v) is 13.6. The maximum absolute atomic E-state index is 8.84. The molecule has 0 saturated heterocycles. The van der Waals surface area contributed by atoms with Gasteiger partial charge in [-0.05, 0) is 45.4 Å². The van der Waals surface area contributed by atoms with Crippen LogP contribution in [0.1, 0.15) is 65.7 Å². The van der Waals surface area contributed by atoms with Crippen molar-refractivity contribution in [1.29, 1.82) is 0 Å². The Labute approximate surface area is 124 Å². The van der Waals surface area contributed by atoms with Crippen molar-refractivity contribution in [2.75, 3.05) is 26.4 Å². The third-order valence-electron chi connectivity index (χ3n) is 3.05. The van der Waals surface area contributed by atoms with E-state index in [1.807, 2.05) is 0 Å². The molecule has 2 atom stereocenters. The summed E-state index contributed by atoms with van der Waals surface area (Å²) in [5.41, 5.74) is 0. The van der Waals surface area contributed by atoms with E-state index in [2.05, 4.69) is 20.8 Å². The van der Waals surface area contributed by atoms with Crippen LogP contribution < -0.4 is 0 Å². The lowest BCUT2D eigenvalue weighted by atomic mass is 10.2. The van der Waals surface area contributed by atoms with Crippen LogP contribution in [0.2, 0.25) is 0 Å². The Balaban J connectivity index is 3.84. The van der Waals surface area contributed by atoms with Gasteiger partial charge in [-0.1, -0.05) is 20.3 Å². The van der Waals surface area contributed by atoms with E-state index in [1.54, 1.807) is 0 Å². The standard InChI is InChI=1S/C16H34O4/c1-4-6-13-19-16(9-7-8-11-17)20-15(3)10-14-18-12-5-2/h15-17H,4-14H2,1-3H3. The van der Waals surface area contributed by atoms with Crippen LogP contribution in [0.3, 0.4) is 0 Å². The highest BCUT2D eigenvalue weighted by atomic mass is 16.7. The van der Waals surface area contributed by atoms with Crippen LogP contribution >= 0.6 is 0 Å². The molecule has 0 saturated carbocycles. The van der Waals surface area contributed by atoms with Crippen molar-refractivity contribution < 1.29 is 19.3 Å². The molecule has 0 amide bonds. The number of ether oxygens (including phenoxy) is 3. The molecule has 0 radical (unpaired) electrons. The second-order valence-corrected chi connectivity index (χ2v) is 5.22. The maximum atomic E-state index is 8.84. The summed E-state index contributed by atoms with van der Waals surface area (Å²) in [6.07, 6.45) is 6.74. The Morgan fingerprint density at radius 2 is 1.70 bits per heavy atom. The summed E-state index contributed by atoms with van der Waals surface area (Å²) >= 11 is 0. The molecule has 0 fully saturated rings. The molecule has 0 heterocycles. The third-order valence-corrected chi connectivity index (χ3v) is 3.05. The minimum Gasteiger partial charge on any atom is -0.396 e. The minimum absolute atomic E-state index is 0.144. The van der Waals surface area contributed by atoms with Gasteiger partial charge >= 0.3 is 0 Å². The lowest BCUT2D eigenvalue weighted by Gasteiger charge is -2.23. The zero-order valence-electron chi connectivity index (χ0n) is 13.6. The Morgan fingerprint density at radius 1 is 0.900 bits per heavy atom. The van der Waals surface area contributed by atoms with Gasteiger partial charge in [-0.15, -0.1) is 0 Å². The molecule has 0 aromatic rings. The molecule has 20 heavy (non-hydrogen) atoms. The summed E-state index contributed by atoms with van der Waals surface area (Å²) in [7, 11) is 0. The number of hydrogen-bond donors (Lipinski definition) is 1. The van der Waals surface area contributed by atoms with Crippen molar-refractivity contribution >= 4 is 0 Å². The van der Waals surface area contributed by atoms with Crippen LogP contribution in [-0.4, -0.2) is 43.9 Å². The van der Waals surface area contributed by atoms with Gasteiger partial charge in [0, 0.05) is 26.4 Å². The SMILES string of the molecule is CCCCOC(CCCCO)OC(C)CCOCCC. The molecule has 0 spiro atoms. The summed E-state index contributed by atoms with van der Waals surface area (Å²) in [5.74, 6) is 0. The van der Waals surface area contributed by atoms with Gasteiger partial charge in [0.15, 0.2) is 6.29 Å². The lowest BCUT2D eigenvalue weighted by Crippen LogP contribution is -2.24. The van der Waals surface area contributed by atoms with E-state index < -0.39 is 0 Å². The fourth-order valence-corrected chi connectivity index (χ4v) is 1.80. The van der Waals surface area contributed by atoms with E-state index in [4.69, 9.17) is 19.3 Å². The predicted molar refractivity (Wildman–Crippen MR) is 81.9 cm³/mol. The summed E-state index contributed by atoms with van der Waals surface area (Å²) in [4.78, 5) is 0. The fraction of sp³-hybridized carbons (Fsp3) is 1.00. The van der Waals surface area contributed by atoms with E-state index in [0.717, 1.165) is 64.8 Å². The number of aliphatic hydroxyl groups is 1. The number of hydrogen-bond acceptors (Lipinski definition) is 4. The van der Waals surface area contributed by atoms with Crippen LogP contribution in [0.15, 0.2) is 0 Å². The Bertz CT molecular complexity index is 177. The first-order valence-corrected chi connectivity index (χ1v) is 8.20. The molecule has 0 rings (SSSR count). The van der Waals surface area contributed by atoms with Crippen LogP contribution in [-0.2, 0) is 14.2 Å². The van der Waals surface area contributed by atoms with Gasteiger partial charge in [0.1, 0.15) is 0 Å². The van der Waals surface area contributed by atoms with Crippen LogP contribution in [0.25, 0.3) is 0 Å². The molecule has 4 heteroatoms. The monoisotopic (exact) mass is 290 g/mol. The molecular formula is C16H34O4. The highest BCUT2D eigenvalue weighted by Gasteiger charge is 2.13. The molecule has 1 N–H and O–H groups in total. The topological polar surface area (TPSA) is 47.9 Å². The average Bonchev–Trinajstić information content (AvgIpc) is 2.44. The second kappa shape index (κ2) is 15.2. The number of rotatable bonds is 15. The maximum Gasteiger partial charge on any atom is 0.157 e. The Kier molecular flexibility index (Phi) is 15.1. The van der Waals surface area contributed by atoms with Gasteiger partial charge in [-0.25, -0.2) is 0 Å². The van der Waals surface area contributed by atoms with E-state index in [1.165, 1.54) is 0 Å². The normalized spacial score (nSPS) is 14.4. The lowest BCUT2D eigenvalue weighted by molar-refractivity contribution is -0.174. The Morgan fingerprint density at radius 3 is 2.35 bits per heavy atom.